The van der Waals surface area contributed by atoms with E-state index < -0.39 is 17.4 Å². The number of aliphatic carboxylic acids is 1. The smallest absolute Gasteiger partial charge is 0.550 e. The predicted octanol–water partition coefficient (Wildman–Crippen LogP) is 0.369. The van der Waals surface area contributed by atoms with Gasteiger partial charge in [-0.25, -0.2) is 0 Å². The number of carboxylic acid groups (broad SMARTS) is 1. The molecule has 2 aliphatic carbocycles. The van der Waals surface area contributed by atoms with Crippen molar-refractivity contribution in [2.24, 2.45) is 5.41 Å². The number of fused-ring (bicyclic) bond motifs is 3. The van der Waals surface area contributed by atoms with E-state index in [1.54, 1.807) is 33.5 Å². The van der Waals surface area contributed by atoms with E-state index in [1.807, 2.05) is 12.1 Å². The Morgan fingerprint density at radius 2 is 1.73 bits per heavy atom. The van der Waals surface area contributed by atoms with Crippen molar-refractivity contribution in [2.75, 3.05) is 33.2 Å². The number of hydrogen-bond donors (Lipinski definition) is 2. The van der Waals surface area contributed by atoms with Crippen molar-refractivity contribution < 1.29 is 58.5 Å². The molecule has 1 amide bonds. The molecule has 210 valence electrons. The number of carboxylic acids is 1. The van der Waals surface area contributed by atoms with E-state index in [-0.39, 0.29) is 47.3 Å². The minimum Gasteiger partial charge on any atom is -0.550 e. The number of nitrogens with one attached hydrogen (secondary N) is 2. The van der Waals surface area contributed by atoms with Crippen molar-refractivity contribution >= 4 is 17.6 Å². The fourth-order valence-corrected chi connectivity index (χ4v) is 6.16. The fraction of sp³-hybridized carbons (Fsp3) is 0.500. The first-order valence-corrected chi connectivity index (χ1v) is 13.4. The van der Waals surface area contributed by atoms with E-state index in [0.29, 0.717) is 47.9 Å². The van der Waals surface area contributed by atoms with Gasteiger partial charge in [-0.15, -0.1) is 0 Å². The zero-order valence-electron chi connectivity index (χ0n) is 24.1. The fourth-order valence-electron chi connectivity index (χ4n) is 6.16. The number of rotatable bonds is 9. The maximum Gasteiger partial charge on any atom is 1.00 e. The number of ether oxygens (including phenoxy) is 3. The second-order valence-electron chi connectivity index (χ2n) is 10.6. The quantitative estimate of drug-likeness (QED) is 0.422. The van der Waals surface area contributed by atoms with Gasteiger partial charge in [0, 0.05) is 25.0 Å². The van der Waals surface area contributed by atoms with Crippen molar-refractivity contribution in [3.05, 3.63) is 45.6 Å². The summed E-state index contributed by atoms with van der Waals surface area (Å²) in [5.41, 5.74) is 2.82. The van der Waals surface area contributed by atoms with Gasteiger partial charge in [-0.05, 0) is 72.4 Å². The molecule has 0 heterocycles. The molecule has 4 rings (SSSR count). The first-order chi connectivity index (χ1) is 18.7. The third-order valence-electron chi connectivity index (χ3n) is 8.00. The molecule has 0 spiro atoms. The van der Waals surface area contributed by atoms with E-state index in [4.69, 9.17) is 14.2 Å². The van der Waals surface area contributed by atoms with Crippen LogP contribution in [0.5, 0.6) is 17.2 Å². The number of benzene rings is 1. The SMILES string of the molecule is COc1cc2c(c(OC)c1OC)-c1ccc(NCC3(CC(=O)[O-])CCCCC3)c(=O)cc1[C@@H](NC(C)=O)CC2.[Na+]. The van der Waals surface area contributed by atoms with Crippen LogP contribution in [0.15, 0.2) is 29.1 Å². The number of hydrogen-bond acceptors (Lipinski definition) is 8. The Morgan fingerprint density at radius 1 is 1.02 bits per heavy atom. The monoisotopic (exact) mass is 560 g/mol. The molecule has 0 radical (unpaired) electrons. The first kappa shape index (κ1) is 31.8. The summed E-state index contributed by atoms with van der Waals surface area (Å²) in [6, 6.07) is 6.66. The van der Waals surface area contributed by atoms with Gasteiger partial charge in [-0.2, -0.15) is 0 Å². The summed E-state index contributed by atoms with van der Waals surface area (Å²) in [7, 11) is 4.67. The Hall–Kier alpha value is -2.75. The molecule has 10 heteroatoms. The molecule has 0 aliphatic heterocycles. The van der Waals surface area contributed by atoms with Crippen molar-refractivity contribution in [1.82, 2.24) is 5.32 Å². The second-order valence-corrected chi connectivity index (χ2v) is 10.6. The predicted molar refractivity (Wildman–Crippen MR) is 146 cm³/mol. The van der Waals surface area contributed by atoms with Crippen LogP contribution in [-0.4, -0.2) is 39.8 Å². The third-order valence-corrected chi connectivity index (χ3v) is 8.00. The minimum absolute atomic E-state index is 0. The van der Waals surface area contributed by atoms with Crippen LogP contribution in [0, 0.1) is 5.41 Å². The van der Waals surface area contributed by atoms with Gasteiger partial charge in [-0.3, -0.25) is 9.59 Å². The van der Waals surface area contributed by atoms with Gasteiger partial charge in [0.2, 0.25) is 17.1 Å². The summed E-state index contributed by atoms with van der Waals surface area (Å²) in [6.07, 6.45) is 5.67. The Morgan fingerprint density at radius 3 is 2.33 bits per heavy atom. The van der Waals surface area contributed by atoms with E-state index in [2.05, 4.69) is 10.6 Å². The van der Waals surface area contributed by atoms with Gasteiger partial charge < -0.3 is 34.7 Å². The molecule has 2 aromatic carbocycles. The molecule has 0 bridgehead atoms. The largest absolute Gasteiger partial charge is 1.00 e. The van der Waals surface area contributed by atoms with Gasteiger partial charge in [0.15, 0.2) is 11.5 Å². The maximum atomic E-state index is 13.5. The summed E-state index contributed by atoms with van der Waals surface area (Å²) in [4.78, 5) is 37.2. The molecule has 2 aliphatic rings. The van der Waals surface area contributed by atoms with Crippen LogP contribution in [0.1, 0.15) is 69.0 Å². The molecular formula is C30H37N2NaO7. The molecule has 1 saturated carbocycles. The standard InChI is InChI=1S/C30H38N2O7.Na/c1-18(33)32-22-10-8-19-14-25(37-2)28(38-3)29(39-4)27(19)20-9-11-23(24(34)15-21(20)22)31-17-30(16-26(35)36)12-6-5-7-13-30;/h9,11,14-15,22H,5-8,10,12-13,16-17H2,1-4H3,(H,31,34)(H,32,33)(H,35,36);/q;+1/p-1/t22-;/m0./s1. The van der Waals surface area contributed by atoms with E-state index in [9.17, 15) is 19.5 Å². The summed E-state index contributed by atoms with van der Waals surface area (Å²) in [6.45, 7) is 1.82. The number of anilines is 1. The van der Waals surface area contributed by atoms with Crippen LogP contribution in [0.3, 0.4) is 0 Å². The molecule has 40 heavy (non-hydrogen) atoms. The van der Waals surface area contributed by atoms with Crippen LogP contribution in [0.2, 0.25) is 0 Å². The van der Waals surface area contributed by atoms with Crippen LogP contribution in [0.25, 0.3) is 11.1 Å². The van der Waals surface area contributed by atoms with Gasteiger partial charge in [0.1, 0.15) is 0 Å². The van der Waals surface area contributed by atoms with E-state index in [0.717, 1.165) is 48.8 Å². The van der Waals surface area contributed by atoms with Crippen molar-refractivity contribution in [2.45, 2.75) is 64.3 Å². The third kappa shape index (κ3) is 6.75. The van der Waals surface area contributed by atoms with Gasteiger partial charge in [0.05, 0.1) is 33.1 Å². The zero-order valence-corrected chi connectivity index (χ0v) is 26.1. The first-order valence-electron chi connectivity index (χ1n) is 13.4. The average Bonchev–Trinajstić information content (AvgIpc) is 3.15. The Bertz CT molecular complexity index is 1310. The molecular weight excluding hydrogens is 523 g/mol. The molecule has 2 aromatic rings. The van der Waals surface area contributed by atoms with Crippen molar-refractivity contribution in [1.29, 1.82) is 0 Å². The number of amides is 1. The second kappa shape index (κ2) is 13.7. The van der Waals surface area contributed by atoms with Gasteiger partial charge in [-0.1, -0.05) is 25.3 Å². The van der Waals surface area contributed by atoms with Crippen LogP contribution in [0.4, 0.5) is 5.69 Å². The molecule has 0 aromatic heterocycles. The number of aryl methyl sites for hydroxylation is 1. The van der Waals surface area contributed by atoms with Crippen LogP contribution < -0.4 is 64.9 Å². The van der Waals surface area contributed by atoms with Crippen molar-refractivity contribution in [3.8, 4) is 28.4 Å². The zero-order chi connectivity index (χ0) is 28.2. The normalized spacial score (nSPS) is 17.1. The number of methoxy groups -OCH3 is 3. The topological polar surface area (TPSA) is 126 Å². The molecule has 9 nitrogen and oxygen atoms in total. The summed E-state index contributed by atoms with van der Waals surface area (Å²) in [5, 5.41) is 17.8. The summed E-state index contributed by atoms with van der Waals surface area (Å²) in [5.74, 6) is 0.192. The van der Waals surface area contributed by atoms with Crippen LogP contribution >= 0.6 is 0 Å². The number of carbonyl (C=O) groups excluding carboxylic acids is 2. The van der Waals surface area contributed by atoms with Gasteiger partial charge in [0.25, 0.3) is 0 Å². The van der Waals surface area contributed by atoms with E-state index in [1.165, 1.54) is 6.92 Å². The summed E-state index contributed by atoms with van der Waals surface area (Å²) >= 11 is 0. The van der Waals surface area contributed by atoms with E-state index >= 15 is 0 Å². The molecule has 1 atom stereocenters. The maximum absolute atomic E-state index is 13.5. The molecule has 0 unspecified atom stereocenters. The molecule has 1 fully saturated rings. The molecule has 0 saturated heterocycles. The van der Waals surface area contributed by atoms with Crippen molar-refractivity contribution in [3.63, 3.8) is 0 Å². The van der Waals surface area contributed by atoms with Crippen LogP contribution in [-0.2, 0) is 16.0 Å². The Balaban J connectivity index is 0.00000441. The molecule has 2 N–H and O–H groups in total. The minimum atomic E-state index is -1.07. The Kier molecular flexibility index (Phi) is 10.9. The van der Waals surface area contributed by atoms with Gasteiger partial charge >= 0.3 is 29.6 Å². The Labute approximate surface area is 257 Å². The summed E-state index contributed by atoms with van der Waals surface area (Å²) < 4.78 is 17.0. The average molecular weight is 561 g/mol. The number of carbonyl (C=O) groups is 2.